The van der Waals surface area contributed by atoms with E-state index in [9.17, 15) is 18.5 Å². The minimum Gasteiger partial charge on any atom is -0.326 e. The summed E-state index contributed by atoms with van der Waals surface area (Å²) in [7, 11) is -3.52. The lowest BCUT2D eigenvalue weighted by Crippen LogP contribution is -2.65. The number of nitriles is 1. The summed E-state index contributed by atoms with van der Waals surface area (Å²) < 4.78 is 31.0. The van der Waals surface area contributed by atoms with Gasteiger partial charge in [-0.25, -0.2) is 0 Å². The molecule has 5 atom stereocenters. The topological polar surface area (TPSA) is 106 Å². The average Bonchev–Trinajstić information content (AvgIpc) is 3.24. The molecule has 0 spiro atoms. The van der Waals surface area contributed by atoms with Crippen molar-refractivity contribution in [1.29, 1.82) is 5.26 Å². The molecule has 1 aliphatic heterocycles. The van der Waals surface area contributed by atoms with Gasteiger partial charge in [-0.1, -0.05) is 13.8 Å². The molecule has 0 aromatic rings. The number of nitrogens with one attached hydrogen (secondary N) is 2. The van der Waals surface area contributed by atoms with Crippen molar-refractivity contribution in [2.75, 3.05) is 26.2 Å². The Morgan fingerprint density at radius 3 is 2.53 bits per heavy atom. The summed E-state index contributed by atoms with van der Waals surface area (Å²) in [6.07, 6.45) is 6.83. The Labute approximate surface area is 194 Å². The number of carbonyl (C=O) groups is 1. The van der Waals surface area contributed by atoms with E-state index in [0.717, 1.165) is 38.5 Å². The minimum atomic E-state index is -3.52. The van der Waals surface area contributed by atoms with Crippen LogP contribution >= 0.6 is 0 Å². The summed E-state index contributed by atoms with van der Waals surface area (Å²) in [5, 5.41) is 12.9. The molecule has 182 valence electrons. The summed E-state index contributed by atoms with van der Waals surface area (Å²) >= 11 is 0. The van der Waals surface area contributed by atoms with Gasteiger partial charge in [-0.05, 0) is 77.0 Å². The zero-order chi connectivity index (χ0) is 23.6. The fourth-order valence-electron chi connectivity index (χ4n) is 6.66. The molecule has 1 amide bonds. The van der Waals surface area contributed by atoms with Crippen LogP contribution in [0.3, 0.4) is 0 Å². The third kappa shape index (κ3) is 5.64. The number of likely N-dealkylation sites (N-methyl/N-ethyl adjacent to an activating group) is 1. The Kier molecular flexibility index (Phi) is 7.91. The predicted molar refractivity (Wildman–Crippen MR) is 125 cm³/mol. The molecular formula is C23H41N5O3S. The molecule has 3 aliphatic rings. The number of fused-ring (bicyclic) bond motifs is 2. The lowest BCUT2D eigenvalue weighted by molar-refractivity contribution is -0.132. The second-order valence-corrected chi connectivity index (χ2v) is 12.3. The molecule has 5 unspecified atom stereocenters. The van der Waals surface area contributed by atoms with E-state index >= 15 is 0 Å². The Morgan fingerprint density at radius 1 is 1.25 bits per heavy atom. The summed E-state index contributed by atoms with van der Waals surface area (Å²) in [5.41, 5.74) is -0.810. The molecule has 1 saturated heterocycles. The smallest absolute Gasteiger partial charge is 0.279 e. The van der Waals surface area contributed by atoms with Gasteiger partial charge in [-0.3, -0.25) is 4.79 Å². The Hall–Kier alpha value is -1.21. The number of nitrogens with zero attached hydrogens (tertiary/aromatic N) is 3. The van der Waals surface area contributed by atoms with Crippen molar-refractivity contribution >= 4 is 16.1 Å². The highest BCUT2D eigenvalue weighted by atomic mass is 32.2. The van der Waals surface area contributed by atoms with Crippen LogP contribution in [-0.4, -0.2) is 66.8 Å². The molecule has 32 heavy (non-hydrogen) atoms. The molecule has 2 N–H and O–H groups in total. The van der Waals surface area contributed by atoms with Gasteiger partial charge in [0.15, 0.2) is 0 Å². The zero-order valence-corrected chi connectivity index (χ0v) is 21.0. The first-order chi connectivity index (χ1) is 15.1. The van der Waals surface area contributed by atoms with Crippen LogP contribution in [0.4, 0.5) is 0 Å². The van der Waals surface area contributed by atoms with Crippen molar-refractivity contribution in [2.24, 2.45) is 11.8 Å². The molecular weight excluding hydrogens is 426 g/mol. The Balaban J connectivity index is 1.73. The van der Waals surface area contributed by atoms with Gasteiger partial charge in [0, 0.05) is 30.7 Å². The SMILES string of the molecule is CCC(C#N)N(CC)C(=O)CNC1(C)CC2CC(C)CC(NS(=O)(=O)N3CCCC3)(C2)C1. The lowest BCUT2D eigenvalue weighted by Gasteiger charge is -2.55. The Bertz CT molecular complexity index is 818. The summed E-state index contributed by atoms with van der Waals surface area (Å²) in [4.78, 5) is 14.5. The van der Waals surface area contributed by atoms with E-state index in [1.807, 2.05) is 13.8 Å². The summed E-state index contributed by atoms with van der Waals surface area (Å²) in [5.74, 6) is 0.821. The van der Waals surface area contributed by atoms with Gasteiger partial charge in [0.05, 0.1) is 12.6 Å². The van der Waals surface area contributed by atoms with Gasteiger partial charge in [0.25, 0.3) is 10.2 Å². The van der Waals surface area contributed by atoms with Gasteiger partial charge >= 0.3 is 0 Å². The van der Waals surface area contributed by atoms with Crippen molar-refractivity contribution in [3.05, 3.63) is 0 Å². The standard InChI is InChI=1S/C23H41N5O3S/c1-5-20(15-24)28(6-2)21(29)16-25-22(4)13-19-11-18(3)12-23(14-19,17-22)26-32(30,31)27-9-7-8-10-27/h18-20,25-26H,5-14,16-17H2,1-4H3. The molecule has 3 rings (SSSR count). The van der Waals surface area contributed by atoms with Crippen LogP contribution in [0.25, 0.3) is 0 Å². The van der Waals surface area contributed by atoms with Crippen molar-refractivity contribution in [2.45, 2.75) is 96.2 Å². The largest absolute Gasteiger partial charge is 0.326 e. The third-order valence-corrected chi connectivity index (χ3v) is 9.35. The Morgan fingerprint density at radius 2 is 1.94 bits per heavy atom. The van der Waals surface area contributed by atoms with Crippen LogP contribution in [0.15, 0.2) is 0 Å². The van der Waals surface area contributed by atoms with Crippen molar-refractivity contribution in [1.82, 2.24) is 19.2 Å². The average molecular weight is 468 g/mol. The van der Waals surface area contributed by atoms with E-state index in [-0.39, 0.29) is 18.0 Å². The molecule has 2 bridgehead atoms. The lowest BCUT2D eigenvalue weighted by atomic mass is 9.59. The predicted octanol–water partition coefficient (Wildman–Crippen LogP) is 2.38. The molecule has 0 radical (unpaired) electrons. The zero-order valence-electron chi connectivity index (χ0n) is 20.2. The van der Waals surface area contributed by atoms with Gasteiger partial charge in [-0.15, -0.1) is 0 Å². The van der Waals surface area contributed by atoms with E-state index in [1.165, 1.54) is 0 Å². The van der Waals surface area contributed by atoms with Gasteiger partial charge in [0.2, 0.25) is 5.91 Å². The molecule has 9 heteroatoms. The van der Waals surface area contributed by atoms with Gasteiger partial charge in [-0.2, -0.15) is 22.7 Å². The van der Waals surface area contributed by atoms with Gasteiger partial charge in [0.1, 0.15) is 6.04 Å². The maximum Gasteiger partial charge on any atom is 0.279 e. The van der Waals surface area contributed by atoms with Crippen molar-refractivity contribution in [3.8, 4) is 6.07 Å². The first-order valence-electron chi connectivity index (χ1n) is 12.3. The van der Waals surface area contributed by atoms with Crippen LogP contribution in [0.1, 0.15) is 79.1 Å². The van der Waals surface area contributed by atoms with Crippen LogP contribution in [0, 0.1) is 23.2 Å². The summed E-state index contributed by atoms with van der Waals surface area (Å²) in [6.45, 7) is 10.0. The van der Waals surface area contributed by atoms with E-state index in [4.69, 9.17) is 0 Å². The van der Waals surface area contributed by atoms with E-state index < -0.39 is 21.8 Å². The third-order valence-electron chi connectivity index (χ3n) is 7.61. The first kappa shape index (κ1) is 25.4. The molecule has 3 fully saturated rings. The second-order valence-electron chi connectivity index (χ2n) is 10.6. The van der Waals surface area contributed by atoms with Crippen LogP contribution in [0.5, 0.6) is 0 Å². The van der Waals surface area contributed by atoms with Crippen LogP contribution in [-0.2, 0) is 15.0 Å². The molecule has 8 nitrogen and oxygen atoms in total. The highest BCUT2D eigenvalue weighted by molar-refractivity contribution is 7.87. The monoisotopic (exact) mass is 467 g/mol. The molecule has 0 aromatic heterocycles. The maximum absolute atomic E-state index is 13.2. The minimum absolute atomic E-state index is 0.0714. The number of hydrogen-bond donors (Lipinski definition) is 2. The quantitative estimate of drug-likeness (QED) is 0.542. The fourth-order valence-corrected chi connectivity index (χ4v) is 8.31. The number of hydrogen-bond acceptors (Lipinski definition) is 5. The van der Waals surface area contributed by atoms with Crippen molar-refractivity contribution < 1.29 is 13.2 Å². The molecule has 1 heterocycles. The maximum atomic E-state index is 13.2. The van der Waals surface area contributed by atoms with Gasteiger partial charge < -0.3 is 10.2 Å². The van der Waals surface area contributed by atoms with Crippen LogP contribution < -0.4 is 10.0 Å². The first-order valence-corrected chi connectivity index (χ1v) is 13.7. The fraction of sp³-hybridized carbons (Fsp3) is 0.913. The van der Waals surface area contributed by atoms with Crippen LogP contribution in [0.2, 0.25) is 0 Å². The molecule has 2 saturated carbocycles. The highest BCUT2D eigenvalue weighted by Crippen LogP contribution is 2.49. The number of amides is 1. The van der Waals surface area contributed by atoms with Crippen molar-refractivity contribution in [3.63, 3.8) is 0 Å². The number of carbonyl (C=O) groups excluding carboxylic acids is 1. The number of rotatable bonds is 9. The molecule has 0 aromatic carbocycles. The van der Waals surface area contributed by atoms with E-state index in [2.05, 4.69) is 30.0 Å². The summed E-state index contributed by atoms with van der Waals surface area (Å²) in [6, 6.07) is 1.81. The highest BCUT2D eigenvalue weighted by Gasteiger charge is 2.52. The van der Waals surface area contributed by atoms with E-state index in [1.54, 1.807) is 9.21 Å². The van der Waals surface area contributed by atoms with E-state index in [0.29, 0.717) is 44.3 Å². The molecule has 2 aliphatic carbocycles. The normalized spacial score (nSPS) is 34.1. The second kappa shape index (κ2) is 9.96.